The Bertz CT molecular complexity index is 552. The highest BCUT2D eigenvalue weighted by molar-refractivity contribution is 7.89. The first-order valence-electron chi connectivity index (χ1n) is 7.61. The first-order chi connectivity index (χ1) is 10.5. The van der Waals surface area contributed by atoms with E-state index in [2.05, 4.69) is 4.90 Å². The number of benzene rings is 1. The summed E-state index contributed by atoms with van der Waals surface area (Å²) in [5.74, 6) is 0. The lowest BCUT2D eigenvalue weighted by Gasteiger charge is -2.33. The third kappa shape index (κ3) is 4.50. The largest absolute Gasteiger partial charge is 0.379 e. The summed E-state index contributed by atoms with van der Waals surface area (Å²) in [6.45, 7) is 7.01. The standard InChI is InChI=1S/C15H25N3O3S/c1-14-2-4-15(5-3-14)22(19,20)18-9-7-17(8-10-18)11-13-21-12-6-16/h2-5H,6-13,16H2,1H3. The van der Waals surface area contributed by atoms with Crippen molar-refractivity contribution >= 4 is 10.0 Å². The van der Waals surface area contributed by atoms with Gasteiger partial charge >= 0.3 is 0 Å². The summed E-state index contributed by atoms with van der Waals surface area (Å²) in [5.41, 5.74) is 6.42. The van der Waals surface area contributed by atoms with E-state index in [1.807, 2.05) is 19.1 Å². The fourth-order valence-corrected chi connectivity index (χ4v) is 3.85. The average Bonchev–Trinajstić information content (AvgIpc) is 2.52. The van der Waals surface area contributed by atoms with Crippen molar-refractivity contribution in [2.45, 2.75) is 11.8 Å². The lowest BCUT2D eigenvalue weighted by atomic mass is 10.2. The molecule has 1 aromatic rings. The molecule has 124 valence electrons. The van der Waals surface area contributed by atoms with Gasteiger partial charge in [-0.05, 0) is 19.1 Å². The molecular formula is C15H25N3O3S. The van der Waals surface area contributed by atoms with Crippen LogP contribution in [0.25, 0.3) is 0 Å². The molecule has 6 nitrogen and oxygen atoms in total. The van der Waals surface area contributed by atoms with Crippen LogP contribution in [0.15, 0.2) is 29.2 Å². The summed E-state index contributed by atoms with van der Waals surface area (Å²) in [5, 5.41) is 0. The first kappa shape index (κ1) is 17.4. The van der Waals surface area contributed by atoms with Crippen molar-refractivity contribution < 1.29 is 13.2 Å². The summed E-state index contributed by atoms with van der Waals surface area (Å²) in [6.07, 6.45) is 0. The number of piperazine rings is 1. The van der Waals surface area contributed by atoms with E-state index in [4.69, 9.17) is 10.5 Å². The van der Waals surface area contributed by atoms with Crippen molar-refractivity contribution in [3.63, 3.8) is 0 Å². The number of hydrogen-bond donors (Lipinski definition) is 1. The van der Waals surface area contributed by atoms with Crippen molar-refractivity contribution in [3.05, 3.63) is 29.8 Å². The number of aryl methyl sites for hydroxylation is 1. The summed E-state index contributed by atoms with van der Waals surface area (Å²) in [6, 6.07) is 7.02. The molecular weight excluding hydrogens is 302 g/mol. The molecule has 0 unspecified atom stereocenters. The van der Waals surface area contributed by atoms with Crippen LogP contribution in [0.5, 0.6) is 0 Å². The minimum atomic E-state index is -3.37. The molecule has 1 aromatic carbocycles. The van der Waals surface area contributed by atoms with Crippen LogP contribution in [-0.4, -0.2) is 70.1 Å². The van der Waals surface area contributed by atoms with Gasteiger partial charge in [0.2, 0.25) is 10.0 Å². The van der Waals surface area contributed by atoms with Crippen molar-refractivity contribution in [3.8, 4) is 0 Å². The summed E-state index contributed by atoms with van der Waals surface area (Å²) < 4.78 is 32.1. The molecule has 0 aliphatic carbocycles. The molecule has 0 radical (unpaired) electrons. The molecule has 0 spiro atoms. The Morgan fingerprint density at radius 1 is 1.09 bits per heavy atom. The van der Waals surface area contributed by atoms with Gasteiger partial charge in [0.15, 0.2) is 0 Å². The van der Waals surface area contributed by atoms with Crippen molar-refractivity contribution in [2.75, 3.05) is 52.5 Å². The number of rotatable bonds is 7. The smallest absolute Gasteiger partial charge is 0.243 e. The van der Waals surface area contributed by atoms with Gasteiger partial charge < -0.3 is 10.5 Å². The van der Waals surface area contributed by atoms with Crippen LogP contribution in [0.2, 0.25) is 0 Å². The Hall–Kier alpha value is -0.990. The van der Waals surface area contributed by atoms with Gasteiger partial charge in [0.1, 0.15) is 0 Å². The minimum absolute atomic E-state index is 0.373. The highest BCUT2D eigenvalue weighted by Gasteiger charge is 2.28. The van der Waals surface area contributed by atoms with Gasteiger partial charge in [0.05, 0.1) is 18.1 Å². The topological polar surface area (TPSA) is 75.9 Å². The molecule has 0 atom stereocenters. The monoisotopic (exact) mass is 327 g/mol. The summed E-state index contributed by atoms with van der Waals surface area (Å²) >= 11 is 0. The third-order valence-electron chi connectivity index (χ3n) is 3.80. The van der Waals surface area contributed by atoms with E-state index in [0.717, 1.165) is 25.2 Å². The first-order valence-corrected chi connectivity index (χ1v) is 9.05. The molecule has 1 aliphatic rings. The summed E-state index contributed by atoms with van der Waals surface area (Å²) in [7, 11) is -3.37. The molecule has 0 aromatic heterocycles. The Labute approximate surface area is 132 Å². The molecule has 0 saturated carbocycles. The van der Waals surface area contributed by atoms with Gasteiger partial charge in [0, 0.05) is 39.3 Å². The summed E-state index contributed by atoms with van der Waals surface area (Å²) in [4.78, 5) is 2.59. The molecule has 2 N–H and O–H groups in total. The number of nitrogens with zero attached hydrogens (tertiary/aromatic N) is 2. The number of sulfonamides is 1. The van der Waals surface area contributed by atoms with Crippen LogP contribution in [0.3, 0.4) is 0 Å². The molecule has 2 rings (SSSR count). The number of nitrogens with two attached hydrogens (primary N) is 1. The van der Waals surface area contributed by atoms with Crippen LogP contribution >= 0.6 is 0 Å². The van der Waals surface area contributed by atoms with Gasteiger partial charge in [-0.3, -0.25) is 4.90 Å². The molecule has 1 aliphatic heterocycles. The maximum absolute atomic E-state index is 12.6. The van der Waals surface area contributed by atoms with Crippen molar-refractivity contribution in [1.29, 1.82) is 0 Å². The highest BCUT2D eigenvalue weighted by Crippen LogP contribution is 2.18. The Morgan fingerprint density at radius 2 is 1.73 bits per heavy atom. The zero-order valence-corrected chi connectivity index (χ0v) is 13.9. The van der Waals surface area contributed by atoms with E-state index >= 15 is 0 Å². The van der Waals surface area contributed by atoms with Crippen LogP contribution in [-0.2, 0) is 14.8 Å². The second-order valence-electron chi connectivity index (χ2n) is 5.46. The van der Waals surface area contributed by atoms with Gasteiger partial charge in [-0.25, -0.2) is 8.42 Å². The SMILES string of the molecule is Cc1ccc(S(=O)(=O)N2CCN(CCOCCN)CC2)cc1. The zero-order chi connectivity index (χ0) is 16.0. The predicted octanol–water partition coefficient (Wildman–Crippen LogP) is 0.277. The molecule has 22 heavy (non-hydrogen) atoms. The van der Waals surface area contributed by atoms with Gasteiger partial charge in [0.25, 0.3) is 0 Å². The Balaban J connectivity index is 1.86. The van der Waals surface area contributed by atoms with Crippen LogP contribution in [0.1, 0.15) is 5.56 Å². The zero-order valence-electron chi connectivity index (χ0n) is 13.1. The fourth-order valence-electron chi connectivity index (χ4n) is 2.43. The maximum Gasteiger partial charge on any atom is 0.243 e. The molecule has 0 bridgehead atoms. The van der Waals surface area contributed by atoms with E-state index < -0.39 is 10.0 Å². The average molecular weight is 327 g/mol. The number of ether oxygens (including phenoxy) is 1. The van der Waals surface area contributed by atoms with E-state index in [-0.39, 0.29) is 0 Å². The molecule has 1 saturated heterocycles. The van der Waals surface area contributed by atoms with Crippen LogP contribution in [0.4, 0.5) is 0 Å². The highest BCUT2D eigenvalue weighted by atomic mass is 32.2. The van der Waals surface area contributed by atoms with Crippen LogP contribution < -0.4 is 5.73 Å². The number of hydrogen-bond acceptors (Lipinski definition) is 5. The molecule has 1 fully saturated rings. The van der Waals surface area contributed by atoms with E-state index in [0.29, 0.717) is 37.7 Å². The van der Waals surface area contributed by atoms with Gasteiger partial charge in [-0.15, -0.1) is 0 Å². The third-order valence-corrected chi connectivity index (χ3v) is 5.72. The van der Waals surface area contributed by atoms with Crippen molar-refractivity contribution in [1.82, 2.24) is 9.21 Å². The minimum Gasteiger partial charge on any atom is -0.379 e. The van der Waals surface area contributed by atoms with Gasteiger partial charge in [-0.1, -0.05) is 17.7 Å². The predicted molar refractivity (Wildman–Crippen MR) is 86.3 cm³/mol. The Kier molecular flexibility index (Phi) is 6.34. The van der Waals surface area contributed by atoms with Crippen LogP contribution in [0, 0.1) is 6.92 Å². The Morgan fingerprint density at radius 3 is 2.32 bits per heavy atom. The lowest BCUT2D eigenvalue weighted by Crippen LogP contribution is -2.49. The van der Waals surface area contributed by atoms with Crippen molar-refractivity contribution in [2.24, 2.45) is 5.73 Å². The fraction of sp³-hybridized carbons (Fsp3) is 0.600. The van der Waals surface area contributed by atoms with E-state index in [1.165, 1.54) is 0 Å². The second kappa shape index (κ2) is 8.03. The van der Waals surface area contributed by atoms with Gasteiger partial charge in [-0.2, -0.15) is 4.31 Å². The normalized spacial score (nSPS) is 17.7. The second-order valence-corrected chi connectivity index (χ2v) is 7.40. The maximum atomic E-state index is 12.6. The molecule has 1 heterocycles. The van der Waals surface area contributed by atoms with E-state index in [9.17, 15) is 8.42 Å². The molecule has 0 amide bonds. The molecule has 7 heteroatoms. The lowest BCUT2D eigenvalue weighted by molar-refractivity contribution is 0.0947. The quantitative estimate of drug-likeness (QED) is 0.728. The van der Waals surface area contributed by atoms with E-state index in [1.54, 1.807) is 16.4 Å².